The highest BCUT2D eigenvalue weighted by Gasteiger charge is 2.11. The summed E-state index contributed by atoms with van der Waals surface area (Å²) in [7, 11) is 1.87. The number of nitrogens with zero attached hydrogens (tertiary/aromatic N) is 2. The number of thioether (sulfide) groups is 1. The van der Waals surface area contributed by atoms with Gasteiger partial charge in [-0.05, 0) is 41.8 Å². The zero-order chi connectivity index (χ0) is 18.0. The van der Waals surface area contributed by atoms with E-state index in [4.69, 9.17) is 16.3 Å². The second-order valence-electron chi connectivity index (χ2n) is 5.55. The van der Waals surface area contributed by atoms with Crippen LogP contribution in [-0.4, -0.2) is 15.7 Å². The number of rotatable bonds is 5. The van der Waals surface area contributed by atoms with Crippen LogP contribution in [0.5, 0.6) is 5.75 Å². The molecule has 0 unspecified atom stereocenters. The summed E-state index contributed by atoms with van der Waals surface area (Å²) in [5.74, 6) is 0.720. The monoisotopic (exact) mass is 378 g/mol. The Hall–Kier alpha value is -2.05. The smallest absolute Gasteiger partial charge is 0.308 e. The van der Waals surface area contributed by atoms with Gasteiger partial charge in [-0.25, -0.2) is 4.39 Å². The lowest BCUT2D eigenvalue weighted by molar-refractivity contribution is -0.131. The first-order chi connectivity index (χ1) is 12.0. The van der Waals surface area contributed by atoms with E-state index < -0.39 is 5.97 Å². The molecule has 0 aliphatic carbocycles. The van der Waals surface area contributed by atoms with Crippen LogP contribution < -0.4 is 4.74 Å². The molecule has 2 aromatic carbocycles. The number of ether oxygens (including phenoxy) is 1. The van der Waals surface area contributed by atoms with Crippen molar-refractivity contribution in [1.29, 1.82) is 0 Å². The Morgan fingerprint density at radius 3 is 2.80 bits per heavy atom. The Morgan fingerprint density at radius 1 is 1.32 bits per heavy atom. The van der Waals surface area contributed by atoms with E-state index in [1.807, 2.05) is 19.2 Å². The summed E-state index contributed by atoms with van der Waals surface area (Å²) >= 11 is 7.37. The topological polar surface area (TPSA) is 44.1 Å². The van der Waals surface area contributed by atoms with Gasteiger partial charge in [0.25, 0.3) is 0 Å². The molecule has 0 spiro atoms. The maximum Gasteiger partial charge on any atom is 0.308 e. The standard InChI is InChI=1S/C18H16ClFN2O2S/c1-11(23)24-18-8-16(6-12-5-13(20)3-4-17(12)18)25-10-15-7-14(9-19)21-22(15)2/h3-8H,9-10H2,1-2H3. The van der Waals surface area contributed by atoms with Gasteiger partial charge in [0.1, 0.15) is 11.6 Å². The van der Waals surface area contributed by atoms with Gasteiger partial charge in [-0.1, -0.05) is 0 Å². The highest BCUT2D eigenvalue weighted by molar-refractivity contribution is 7.98. The summed E-state index contributed by atoms with van der Waals surface area (Å²) in [4.78, 5) is 12.2. The fraction of sp³-hybridized carbons (Fsp3) is 0.222. The summed E-state index contributed by atoms with van der Waals surface area (Å²) in [5, 5.41) is 5.70. The van der Waals surface area contributed by atoms with Crippen LogP contribution in [0.25, 0.3) is 10.8 Å². The number of carbonyl (C=O) groups excluding carboxylic acids is 1. The molecule has 0 saturated carbocycles. The van der Waals surface area contributed by atoms with Crippen molar-refractivity contribution in [2.45, 2.75) is 23.5 Å². The van der Waals surface area contributed by atoms with E-state index in [9.17, 15) is 9.18 Å². The average Bonchev–Trinajstić information content (AvgIpc) is 2.92. The highest BCUT2D eigenvalue weighted by atomic mass is 35.5. The number of alkyl halides is 1. The Balaban J connectivity index is 1.92. The molecule has 0 amide bonds. The van der Waals surface area contributed by atoms with Crippen LogP contribution in [0.2, 0.25) is 0 Å². The third-order valence-electron chi connectivity index (χ3n) is 3.65. The zero-order valence-electron chi connectivity index (χ0n) is 13.8. The lowest BCUT2D eigenvalue weighted by Gasteiger charge is -2.10. The molecule has 130 valence electrons. The number of halogens is 2. The number of aromatic nitrogens is 2. The van der Waals surface area contributed by atoms with Gasteiger partial charge in [-0.2, -0.15) is 5.10 Å². The molecule has 0 radical (unpaired) electrons. The van der Waals surface area contributed by atoms with E-state index in [2.05, 4.69) is 5.10 Å². The highest BCUT2D eigenvalue weighted by Crippen LogP contribution is 2.34. The average molecular weight is 379 g/mol. The van der Waals surface area contributed by atoms with Gasteiger partial charge in [0.2, 0.25) is 0 Å². The molecule has 3 aromatic rings. The van der Waals surface area contributed by atoms with Gasteiger partial charge < -0.3 is 4.74 Å². The predicted molar refractivity (Wildman–Crippen MR) is 97.5 cm³/mol. The maximum absolute atomic E-state index is 13.6. The molecule has 1 heterocycles. The van der Waals surface area contributed by atoms with Crippen molar-refractivity contribution in [3.05, 3.63) is 53.6 Å². The molecular weight excluding hydrogens is 363 g/mol. The van der Waals surface area contributed by atoms with E-state index in [-0.39, 0.29) is 5.82 Å². The first-order valence-electron chi connectivity index (χ1n) is 7.58. The molecule has 0 bridgehead atoms. The largest absolute Gasteiger partial charge is 0.426 e. The molecule has 0 aliphatic rings. The van der Waals surface area contributed by atoms with Crippen molar-refractivity contribution in [3.63, 3.8) is 0 Å². The molecule has 25 heavy (non-hydrogen) atoms. The molecule has 4 nitrogen and oxygen atoms in total. The summed E-state index contributed by atoms with van der Waals surface area (Å²) in [6.45, 7) is 1.35. The van der Waals surface area contributed by atoms with Gasteiger partial charge in [0.05, 0.1) is 11.6 Å². The normalized spacial score (nSPS) is 11.0. The number of hydrogen-bond acceptors (Lipinski definition) is 4. The van der Waals surface area contributed by atoms with Crippen LogP contribution in [0.1, 0.15) is 18.3 Å². The van der Waals surface area contributed by atoms with Crippen LogP contribution >= 0.6 is 23.4 Å². The van der Waals surface area contributed by atoms with Gasteiger partial charge >= 0.3 is 5.97 Å². The van der Waals surface area contributed by atoms with Crippen LogP contribution in [-0.2, 0) is 23.5 Å². The third kappa shape index (κ3) is 4.14. The Morgan fingerprint density at radius 2 is 2.12 bits per heavy atom. The van der Waals surface area contributed by atoms with E-state index in [1.54, 1.807) is 28.6 Å². The Labute approximate surface area is 153 Å². The van der Waals surface area contributed by atoms with Crippen LogP contribution in [0.3, 0.4) is 0 Å². The number of benzene rings is 2. The van der Waals surface area contributed by atoms with Crippen LogP contribution in [0.4, 0.5) is 4.39 Å². The van der Waals surface area contributed by atoms with Crippen molar-refractivity contribution < 1.29 is 13.9 Å². The predicted octanol–water partition coefficient (Wildman–Crippen LogP) is 4.67. The number of carbonyl (C=O) groups is 1. The van der Waals surface area contributed by atoms with Gasteiger partial charge in [0.15, 0.2) is 0 Å². The summed E-state index contributed by atoms with van der Waals surface area (Å²) in [5.41, 5.74) is 1.84. The second kappa shape index (κ2) is 7.45. The van der Waals surface area contributed by atoms with Gasteiger partial charge in [-0.15, -0.1) is 23.4 Å². The van der Waals surface area contributed by atoms with Crippen molar-refractivity contribution >= 4 is 40.1 Å². The lowest BCUT2D eigenvalue weighted by Crippen LogP contribution is -2.02. The fourth-order valence-corrected chi connectivity index (χ4v) is 3.65. The van der Waals surface area contributed by atoms with Crippen molar-refractivity contribution in [2.24, 2.45) is 7.05 Å². The van der Waals surface area contributed by atoms with E-state index in [0.717, 1.165) is 16.3 Å². The minimum absolute atomic E-state index is 0.332. The Kier molecular flexibility index (Phi) is 5.30. The summed E-state index contributed by atoms with van der Waals surface area (Å²) < 4.78 is 20.7. The van der Waals surface area contributed by atoms with E-state index in [0.29, 0.717) is 28.2 Å². The molecule has 0 saturated heterocycles. The zero-order valence-corrected chi connectivity index (χ0v) is 15.3. The fourth-order valence-electron chi connectivity index (χ4n) is 2.53. The first-order valence-corrected chi connectivity index (χ1v) is 9.10. The maximum atomic E-state index is 13.6. The van der Waals surface area contributed by atoms with Gasteiger partial charge in [0, 0.05) is 35.7 Å². The Bertz CT molecular complexity index is 942. The SMILES string of the molecule is CC(=O)Oc1cc(SCc2cc(CCl)nn2C)cc2cc(F)ccc12. The number of esters is 1. The first kappa shape index (κ1) is 17.8. The van der Waals surface area contributed by atoms with Crippen LogP contribution in [0.15, 0.2) is 41.3 Å². The number of hydrogen-bond donors (Lipinski definition) is 0. The van der Waals surface area contributed by atoms with Crippen LogP contribution in [0, 0.1) is 5.82 Å². The molecular formula is C18H16ClFN2O2S. The minimum Gasteiger partial charge on any atom is -0.426 e. The van der Waals surface area contributed by atoms with Crippen molar-refractivity contribution in [2.75, 3.05) is 0 Å². The molecule has 1 aromatic heterocycles. The molecule has 0 atom stereocenters. The van der Waals surface area contributed by atoms with E-state index >= 15 is 0 Å². The summed E-state index contributed by atoms with van der Waals surface area (Å²) in [6, 6.07) is 10.0. The van der Waals surface area contributed by atoms with Crippen molar-refractivity contribution in [3.8, 4) is 5.75 Å². The second-order valence-corrected chi connectivity index (χ2v) is 6.87. The van der Waals surface area contributed by atoms with Crippen molar-refractivity contribution in [1.82, 2.24) is 9.78 Å². The minimum atomic E-state index is -0.411. The number of aryl methyl sites for hydroxylation is 1. The third-order valence-corrected chi connectivity index (χ3v) is 4.94. The molecule has 0 N–H and O–H groups in total. The quantitative estimate of drug-likeness (QED) is 0.280. The number of fused-ring (bicyclic) bond motifs is 1. The molecule has 7 heteroatoms. The lowest BCUT2D eigenvalue weighted by atomic mass is 10.1. The molecule has 0 aliphatic heterocycles. The molecule has 0 fully saturated rings. The summed E-state index contributed by atoms with van der Waals surface area (Å²) in [6.07, 6.45) is 0. The molecule has 3 rings (SSSR count). The van der Waals surface area contributed by atoms with Gasteiger partial charge in [-0.3, -0.25) is 9.48 Å². The van der Waals surface area contributed by atoms with E-state index in [1.165, 1.54) is 19.1 Å².